The van der Waals surface area contributed by atoms with Gasteiger partial charge in [0.25, 0.3) is 0 Å². The van der Waals surface area contributed by atoms with Crippen LogP contribution < -0.4 is 0 Å². The number of amides is 1. The van der Waals surface area contributed by atoms with Crippen molar-refractivity contribution in [2.45, 2.75) is 26.9 Å². The van der Waals surface area contributed by atoms with Crippen molar-refractivity contribution in [3.8, 4) is 0 Å². The van der Waals surface area contributed by atoms with E-state index in [2.05, 4.69) is 0 Å². The maximum Gasteiger partial charge on any atom is 0.417 e. The topological polar surface area (TPSA) is 49.9 Å². The van der Waals surface area contributed by atoms with Crippen LogP contribution in [0.15, 0.2) is 30.3 Å². The first-order chi connectivity index (χ1) is 10.8. The average Bonchev–Trinajstić information content (AvgIpc) is 2.56. The van der Waals surface area contributed by atoms with Gasteiger partial charge >= 0.3 is 12.7 Å². The van der Waals surface area contributed by atoms with Gasteiger partial charge in [0.1, 0.15) is 6.61 Å². The minimum atomic E-state index is -3.18. The van der Waals surface area contributed by atoms with Gasteiger partial charge in [0.05, 0.1) is 4.99 Å². The summed E-state index contributed by atoms with van der Waals surface area (Å²) in [6.45, 7) is 0.645. The number of ether oxygens (including phenoxy) is 1. The number of carbonyl (C=O) groups excluding carboxylic acids is 1. The van der Waals surface area contributed by atoms with E-state index in [0.717, 1.165) is 12.0 Å². The van der Waals surface area contributed by atoms with Crippen molar-refractivity contribution < 1.29 is 14.1 Å². The molecule has 0 heterocycles. The molecule has 5 nitrogen and oxygen atoms in total. The molecule has 1 aromatic rings. The number of benzene rings is 1. The fourth-order valence-corrected chi connectivity index (χ4v) is 6.82. The zero-order valence-corrected chi connectivity index (χ0v) is 16.4. The number of rotatable bonds is 7. The predicted molar refractivity (Wildman–Crippen MR) is 101 cm³/mol. The van der Waals surface area contributed by atoms with Crippen molar-refractivity contribution in [3.05, 3.63) is 35.9 Å². The van der Waals surface area contributed by atoms with E-state index in [0.29, 0.717) is 10.7 Å². The summed E-state index contributed by atoms with van der Waals surface area (Å²) in [5.74, 6) is 0.667. The third-order valence-electron chi connectivity index (χ3n) is 3.15. The fourth-order valence-electron chi connectivity index (χ4n) is 1.68. The molecule has 0 fully saturated rings. The van der Waals surface area contributed by atoms with Crippen LogP contribution in [0.2, 0.25) is 0 Å². The molecule has 1 unspecified atom stereocenters. The van der Waals surface area contributed by atoms with Crippen LogP contribution in [-0.2, 0) is 15.9 Å². The number of carbonyl (C=O) groups is 1. The highest BCUT2D eigenvalue weighted by atomic mass is 32.7. The molecule has 0 radical (unpaired) electrons. The highest BCUT2D eigenvalue weighted by Gasteiger charge is 2.37. The van der Waals surface area contributed by atoms with Crippen molar-refractivity contribution >= 4 is 41.3 Å². The summed E-state index contributed by atoms with van der Waals surface area (Å²) in [7, 11) is 3.14. The SMILES string of the molecule is CCCSP(=O)(N(C)C(=O)OCc1ccccc1)N(C)C(C)=S. The standard InChI is InChI=1S/C15H23N2O3PS2/c1-5-11-23-21(19,16(3)13(2)22)17(4)15(18)20-12-14-9-7-6-8-10-14/h6-10H,5,11-12H2,1-4H3. The first kappa shape index (κ1) is 20.0. The van der Waals surface area contributed by atoms with E-state index in [9.17, 15) is 9.36 Å². The van der Waals surface area contributed by atoms with Crippen LogP contribution in [0.1, 0.15) is 25.8 Å². The average molecular weight is 374 g/mol. The molecule has 0 spiro atoms. The Labute approximate surface area is 147 Å². The molecule has 8 heteroatoms. The van der Waals surface area contributed by atoms with Crippen LogP contribution in [0, 0.1) is 0 Å². The molecule has 0 N–H and O–H groups in total. The molecule has 0 saturated carbocycles. The zero-order valence-electron chi connectivity index (χ0n) is 13.9. The van der Waals surface area contributed by atoms with Crippen molar-refractivity contribution in [1.29, 1.82) is 0 Å². The summed E-state index contributed by atoms with van der Waals surface area (Å²) < 4.78 is 21.2. The van der Waals surface area contributed by atoms with E-state index >= 15 is 0 Å². The quantitative estimate of drug-likeness (QED) is 0.505. The van der Waals surface area contributed by atoms with E-state index in [1.807, 2.05) is 37.3 Å². The first-order valence-corrected chi connectivity index (χ1v) is 10.9. The van der Waals surface area contributed by atoms with Gasteiger partial charge in [-0.1, -0.05) is 60.9 Å². The van der Waals surface area contributed by atoms with E-state index in [1.54, 1.807) is 14.0 Å². The van der Waals surface area contributed by atoms with Gasteiger partial charge < -0.3 is 4.74 Å². The molecule has 0 bridgehead atoms. The highest BCUT2D eigenvalue weighted by Crippen LogP contribution is 2.63. The number of hydrogen-bond donors (Lipinski definition) is 0. The first-order valence-electron chi connectivity index (χ1n) is 7.27. The maximum atomic E-state index is 13.3. The fraction of sp³-hybridized carbons (Fsp3) is 0.467. The van der Waals surface area contributed by atoms with Gasteiger partial charge in [-0.25, -0.2) is 9.46 Å². The molecule has 0 aliphatic carbocycles. The van der Waals surface area contributed by atoms with E-state index in [4.69, 9.17) is 17.0 Å². The monoisotopic (exact) mass is 374 g/mol. The molecule has 0 aromatic heterocycles. The van der Waals surface area contributed by atoms with Crippen LogP contribution >= 0.6 is 30.2 Å². The van der Waals surface area contributed by atoms with E-state index < -0.39 is 12.7 Å². The second kappa shape index (κ2) is 9.30. The van der Waals surface area contributed by atoms with Gasteiger partial charge in [0, 0.05) is 19.8 Å². The highest BCUT2D eigenvalue weighted by molar-refractivity contribution is 8.56. The van der Waals surface area contributed by atoms with Gasteiger partial charge in [-0.3, -0.25) is 9.24 Å². The molecule has 1 rings (SSSR count). The molecular formula is C15H23N2O3PS2. The largest absolute Gasteiger partial charge is 0.444 e. The molecular weight excluding hydrogens is 351 g/mol. The third kappa shape index (κ3) is 5.52. The Morgan fingerprint density at radius 2 is 1.87 bits per heavy atom. The summed E-state index contributed by atoms with van der Waals surface area (Å²) in [5.41, 5.74) is 0.879. The van der Waals surface area contributed by atoms with Gasteiger partial charge in [0.2, 0.25) is 0 Å². The Hall–Kier alpha value is -1.04. The second-order valence-corrected chi connectivity index (χ2v) is 10.6. The third-order valence-corrected chi connectivity index (χ3v) is 9.49. The Bertz CT molecular complexity index is 583. The van der Waals surface area contributed by atoms with Crippen LogP contribution in [0.3, 0.4) is 0 Å². The number of nitrogens with zero attached hydrogens (tertiary/aromatic N) is 2. The van der Waals surface area contributed by atoms with Crippen LogP contribution in [0.5, 0.6) is 0 Å². The van der Waals surface area contributed by atoms with Gasteiger partial charge in [-0.05, 0) is 18.9 Å². The summed E-state index contributed by atoms with van der Waals surface area (Å²) in [6.07, 6.45) is 0.232. The smallest absolute Gasteiger partial charge is 0.417 e. The Balaban J connectivity index is 2.82. The predicted octanol–water partition coefficient (Wildman–Crippen LogP) is 4.79. The minimum absolute atomic E-state index is 0.142. The number of hydrogen-bond acceptors (Lipinski definition) is 5. The van der Waals surface area contributed by atoms with Crippen LogP contribution in [0.4, 0.5) is 4.79 Å². The van der Waals surface area contributed by atoms with Crippen molar-refractivity contribution in [2.24, 2.45) is 0 Å². The summed E-state index contributed by atoms with van der Waals surface area (Å²) in [5, 5.41) is 0. The maximum absolute atomic E-state index is 13.3. The molecule has 1 atom stereocenters. The molecule has 1 aromatic carbocycles. The Morgan fingerprint density at radius 1 is 1.26 bits per heavy atom. The lowest BCUT2D eigenvalue weighted by atomic mass is 10.2. The molecule has 23 heavy (non-hydrogen) atoms. The molecule has 0 saturated heterocycles. The molecule has 1 amide bonds. The van der Waals surface area contributed by atoms with Crippen molar-refractivity contribution in [2.75, 3.05) is 19.8 Å². The van der Waals surface area contributed by atoms with Gasteiger partial charge in [0.15, 0.2) is 0 Å². The summed E-state index contributed by atoms with van der Waals surface area (Å²) in [4.78, 5) is 12.8. The molecule has 0 aliphatic rings. The molecule has 0 aliphatic heterocycles. The van der Waals surface area contributed by atoms with E-state index in [-0.39, 0.29) is 6.61 Å². The zero-order chi connectivity index (χ0) is 17.5. The Morgan fingerprint density at radius 3 is 2.39 bits per heavy atom. The van der Waals surface area contributed by atoms with Crippen LogP contribution in [0.25, 0.3) is 0 Å². The van der Waals surface area contributed by atoms with E-state index in [1.165, 1.54) is 27.8 Å². The Kier molecular flexibility index (Phi) is 8.09. The minimum Gasteiger partial charge on any atom is -0.444 e. The lowest BCUT2D eigenvalue weighted by Crippen LogP contribution is -2.32. The second-order valence-electron chi connectivity index (χ2n) is 4.93. The van der Waals surface area contributed by atoms with Gasteiger partial charge in [-0.2, -0.15) is 0 Å². The lowest BCUT2D eigenvalue weighted by Gasteiger charge is -2.34. The summed E-state index contributed by atoms with van der Waals surface area (Å²) >= 11 is 6.36. The molecule has 128 valence electrons. The normalized spacial score (nSPS) is 13.0. The van der Waals surface area contributed by atoms with Crippen molar-refractivity contribution in [3.63, 3.8) is 0 Å². The van der Waals surface area contributed by atoms with Crippen LogP contribution in [-0.4, -0.2) is 40.3 Å². The summed E-state index contributed by atoms with van der Waals surface area (Å²) in [6, 6.07) is 9.37. The lowest BCUT2D eigenvalue weighted by molar-refractivity contribution is 0.123. The number of thiocarbonyl (C=S) groups is 1. The van der Waals surface area contributed by atoms with Crippen molar-refractivity contribution in [1.82, 2.24) is 9.34 Å². The van der Waals surface area contributed by atoms with Gasteiger partial charge in [-0.15, -0.1) is 0 Å².